The maximum atomic E-state index is 12.2. The Kier molecular flexibility index (Phi) is 3.34. The first-order valence-electron chi connectivity index (χ1n) is 6.60. The zero-order valence-electron chi connectivity index (χ0n) is 11.7. The van der Waals surface area contributed by atoms with E-state index in [4.69, 9.17) is 5.26 Å². The van der Waals surface area contributed by atoms with Crippen molar-refractivity contribution in [2.45, 2.75) is 6.54 Å². The van der Waals surface area contributed by atoms with Crippen molar-refractivity contribution in [1.82, 2.24) is 14.7 Å². The number of amides is 2. The SMILES string of the molecule is N#Cc1cn(CCN2C(=O)c3ccccc3C2=O)nc1[N+](=O)[O-]. The van der Waals surface area contributed by atoms with E-state index in [1.54, 1.807) is 30.3 Å². The van der Waals surface area contributed by atoms with Gasteiger partial charge in [-0.15, -0.1) is 0 Å². The molecule has 1 aromatic carbocycles. The first-order chi connectivity index (χ1) is 11.0. The summed E-state index contributed by atoms with van der Waals surface area (Å²) in [5.74, 6) is -1.37. The Labute approximate surface area is 129 Å². The molecule has 0 unspecified atom stereocenters. The highest BCUT2D eigenvalue weighted by atomic mass is 16.6. The summed E-state index contributed by atoms with van der Waals surface area (Å²) < 4.78 is 1.18. The highest BCUT2D eigenvalue weighted by Gasteiger charge is 2.35. The van der Waals surface area contributed by atoms with Gasteiger partial charge in [0.25, 0.3) is 11.8 Å². The number of aromatic nitrogens is 2. The summed E-state index contributed by atoms with van der Waals surface area (Å²) in [5, 5.41) is 23.3. The fourth-order valence-corrected chi connectivity index (χ4v) is 2.38. The van der Waals surface area contributed by atoms with Gasteiger partial charge in [0, 0.05) is 0 Å². The monoisotopic (exact) mass is 311 g/mol. The number of nitrogens with zero attached hydrogens (tertiary/aromatic N) is 5. The van der Waals surface area contributed by atoms with Crippen LogP contribution in [-0.4, -0.2) is 38.0 Å². The summed E-state index contributed by atoms with van der Waals surface area (Å²) in [6.07, 6.45) is 1.22. The molecule has 3 rings (SSSR count). The van der Waals surface area contributed by atoms with Crippen LogP contribution in [0.5, 0.6) is 0 Å². The number of imide groups is 1. The van der Waals surface area contributed by atoms with Gasteiger partial charge in [-0.2, -0.15) is 9.94 Å². The van der Waals surface area contributed by atoms with E-state index in [1.165, 1.54) is 10.9 Å². The van der Waals surface area contributed by atoms with Crippen molar-refractivity contribution in [3.8, 4) is 6.07 Å². The van der Waals surface area contributed by atoms with Crippen molar-refractivity contribution in [2.75, 3.05) is 6.54 Å². The van der Waals surface area contributed by atoms with Crippen LogP contribution in [0.1, 0.15) is 26.3 Å². The molecule has 23 heavy (non-hydrogen) atoms. The second-order valence-electron chi connectivity index (χ2n) is 4.81. The Morgan fingerprint density at radius 1 is 1.17 bits per heavy atom. The van der Waals surface area contributed by atoms with E-state index in [0.29, 0.717) is 11.1 Å². The molecule has 0 saturated heterocycles. The summed E-state index contributed by atoms with van der Waals surface area (Å²) in [7, 11) is 0. The molecule has 0 aliphatic carbocycles. The minimum atomic E-state index is -0.753. The van der Waals surface area contributed by atoms with Crippen molar-refractivity contribution < 1.29 is 14.5 Å². The molecule has 9 heteroatoms. The van der Waals surface area contributed by atoms with Crippen molar-refractivity contribution in [2.24, 2.45) is 0 Å². The predicted molar refractivity (Wildman–Crippen MR) is 75.4 cm³/mol. The van der Waals surface area contributed by atoms with Gasteiger partial charge in [-0.3, -0.25) is 14.5 Å². The van der Waals surface area contributed by atoms with Crippen LogP contribution in [-0.2, 0) is 6.54 Å². The number of fused-ring (bicyclic) bond motifs is 1. The summed E-state index contributed by atoms with van der Waals surface area (Å²) >= 11 is 0. The van der Waals surface area contributed by atoms with Crippen LogP contribution < -0.4 is 0 Å². The Hall–Kier alpha value is -3.54. The standard InChI is InChI=1S/C14H9N5O4/c15-7-9-8-17(16-12(9)19(22)23)5-6-18-13(20)10-3-1-2-4-11(10)14(18)21/h1-4,8H,5-6H2. The molecule has 0 radical (unpaired) electrons. The van der Waals surface area contributed by atoms with Gasteiger partial charge in [0.1, 0.15) is 6.07 Å². The summed E-state index contributed by atoms with van der Waals surface area (Å²) in [4.78, 5) is 35.4. The molecular weight excluding hydrogens is 302 g/mol. The molecule has 0 saturated carbocycles. The molecule has 0 bridgehead atoms. The minimum Gasteiger partial charge on any atom is -0.358 e. The first kappa shape index (κ1) is 14.4. The summed E-state index contributed by atoms with van der Waals surface area (Å²) in [6.45, 7) is 0.0735. The van der Waals surface area contributed by atoms with E-state index in [0.717, 1.165) is 4.90 Å². The molecule has 0 atom stereocenters. The average Bonchev–Trinajstić information content (AvgIpc) is 3.07. The van der Waals surface area contributed by atoms with Crippen LogP contribution in [0.2, 0.25) is 0 Å². The van der Waals surface area contributed by atoms with E-state index >= 15 is 0 Å². The zero-order valence-corrected chi connectivity index (χ0v) is 11.7. The quantitative estimate of drug-likeness (QED) is 0.471. The summed E-state index contributed by atoms with van der Waals surface area (Å²) in [5.41, 5.74) is 0.501. The zero-order chi connectivity index (χ0) is 16.6. The lowest BCUT2D eigenvalue weighted by Gasteiger charge is -2.12. The van der Waals surface area contributed by atoms with Gasteiger partial charge in [-0.1, -0.05) is 12.1 Å². The highest BCUT2D eigenvalue weighted by molar-refractivity contribution is 6.21. The van der Waals surface area contributed by atoms with Gasteiger partial charge in [-0.05, 0) is 17.1 Å². The van der Waals surface area contributed by atoms with Crippen LogP contribution in [0.3, 0.4) is 0 Å². The first-order valence-corrected chi connectivity index (χ1v) is 6.60. The highest BCUT2D eigenvalue weighted by Crippen LogP contribution is 2.22. The molecule has 1 aliphatic heterocycles. The molecule has 2 heterocycles. The fraction of sp³-hybridized carbons (Fsp3) is 0.143. The van der Waals surface area contributed by atoms with Gasteiger partial charge >= 0.3 is 5.82 Å². The largest absolute Gasteiger partial charge is 0.407 e. The van der Waals surface area contributed by atoms with Crippen molar-refractivity contribution in [3.63, 3.8) is 0 Å². The molecule has 9 nitrogen and oxygen atoms in total. The number of hydrogen-bond acceptors (Lipinski definition) is 6. The van der Waals surface area contributed by atoms with E-state index in [-0.39, 0.29) is 18.7 Å². The van der Waals surface area contributed by atoms with Crippen LogP contribution in [0.25, 0.3) is 0 Å². The second-order valence-corrected chi connectivity index (χ2v) is 4.81. The van der Waals surface area contributed by atoms with Gasteiger partial charge in [0.15, 0.2) is 5.56 Å². The van der Waals surface area contributed by atoms with E-state index in [2.05, 4.69) is 5.10 Å². The molecule has 0 spiro atoms. The third-order valence-electron chi connectivity index (χ3n) is 3.47. The molecule has 0 N–H and O–H groups in total. The van der Waals surface area contributed by atoms with Crippen molar-refractivity contribution in [3.05, 3.63) is 57.3 Å². The number of benzene rings is 1. The van der Waals surface area contributed by atoms with Gasteiger partial charge in [0.05, 0.1) is 35.5 Å². The third kappa shape index (κ3) is 2.32. The lowest BCUT2D eigenvalue weighted by atomic mass is 10.1. The van der Waals surface area contributed by atoms with Gasteiger partial charge in [0.2, 0.25) is 0 Å². The van der Waals surface area contributed by atoms with Gasteiger partial charge in [-0.25, -0.2) is 0 Å². The van der Waals surface area contributed by atoms with Crippen LogP contribution in [0, 0.1) is 21.4 Å². The van der Waals surface area contributed by atoms with Gasteiger partial charge < -0.3 is 10.1 Å². The van der Waals surface area contributed by atoms with E-state index in [9.17, 15) is 19.7 Å². The Morgan fingerprint density at radius 2 is 1.78 bits per heavy atom. The normalized spacial score (nSPS) is 13.1. The molecule has 0 fully saturated rings. The maximum absolute atomic E-state index is 12.2. The number of carbonyl (C=O) groups is 2. The molecule has 2 aromatic rings. The molecule has 114 valence electrons. The van der Waals surface area contributed by atoms with Crippen LogP contribution in [0.4, 0.5) is 5.82 Å². The van der Waals surface area contributed by atoms with E-state index < -0.39 is 22.6 Å². The number of carbonyl (C=O) groups excluding carboxylic acids is 2. The third-order valence-corrected chi connectivity index (χ3v) is 3.47. The number of nitro groups is 1. The minimum absolute atomic E-state index is 0.00997. The molecular formula is C14H9N5O4. The van der Waals surface area contributed by atoms with Crippen molar-refractivity contribution >= 4 is 17.6 Å². The van der Waals surface area contributed by atoms with Crippen molar-refractivity contribution in [1.29, 1.82) is 5.26 Å². The van der Waals surface area contributed by atoms with E-state index in [1.807, 2.05) is 0 Å². The smallest absolute Gasteiger partial charge is 0.358 e. The predicted octanol–water partition coefficient (Wildman–Crippen LogP) is 0.959. The fourth-order valence-electron chi connectivity index (χ4n) is 2.38. The Morgan fingerprint density at radius 3 is 2.26 bits per heavy atom. The molecule has 1 aliphatic rings. The number of nitriles is 1. The molecule has 2 amide bonds. The Balaban J connectivity index is 1.78. The Bertz CT molecular complexity index is 845. The molecule has 1 aromatic heterocycles. The topological polar surface area (TPSA) is 122 Å². The maximum Gasteiger partial charge on any atom is 0.407 e. The van der Waals surface area contributed by atoms with Crippen LogP contribution in [0.15, 0.2) is 30.5 Å². The second kappa shape index (κ2) is 5.34. The van der Waals surface area contributed by atoms with Crippen LogP contribution >= 0.6 is 0 Å². The number of hydrogen-bond donors (Lipinski definition) is 0. The number of rotatable bonds is 4. The lowest BCUT2D eigenvalue weighted by molar-refractivity contribution is -0.390. The average molecular weight is 311 g/mol. The summed E-state index contributed by atoms with van der Waals surface area (Å²) in [6, 6.07) is 8.17. The lowest BCUT2D eigenvalue weighted by Crippen LogP contribution is -2.33.